The Bertz CT molecular complexity index is 660. The third-order valence-electron chi connectivity index (χ3n) is 3.81. The van der Waals surface area contributed by atoms with Gasteiger partial charge in [0.2, 0.25) is 0 Å². The molecule has 1 N–H and O–H groups in total. The summed E-state index contributed by atoms with van der Waals surface area (Å²) in [5.41, 5.74) is 1.82. The van der Waals surface area contributed by atoms with E-state index in [-0.39, 0.29) is 18.2 Å². The number of rotatable bonds is 2. The van der Waals surface area contributed by atoms with Gasteiger partial charge in [-0.15, -0.1) is 0 Å². The molecule has 1 saturated heterocycles. The third-order valence-corrected chi connectivity index (χ3v) is 4.07. The van der Waals surface area contributed by atoms with Gasteiger partial charge >= 0.3 is 6.03 Å². The van der Waals surface area contributed by atoms with Crippen molar-refractivity contribution in [3.63, 3.8) is 0 Å². The molecule has 1 heterocycles. The first kappa shape index (κ1) is 15.8. The lowest BCUT2D eigenvalue weighted by Gasteiger charge is -2.37. The smallest absolute Gasteiger partial charge is 0.322 e. The molecule has 2 atom stereocenters. The first-order chi connectivity index (χ1) is 11.1. The Balaban J connectivity index is 1.69. The van der Waals surface area contributed by atoms with Gasteiger partial charge in [-0.2, -0.15) is 0 Å². The fourth-order valence-electron chi connectivity index (χ4n) is 2.70. The fourth-order valence-corrected chi connectivity index (χ4v) is 2.83. The van der Waals surface area contributed by atoms with Crippen molar-refractivity contribution in [2.24, 2.45) is 0 Å². The zero-order valence-electron chi connectivity index (χ0n) is 12.9. The molecule has 4 nitrogen and oxygen atoms in total. The highest BCUT2D eigenvalue weighted by molar-refractivity contribution is 6.30. The van der Waals surface area contributed by atoms with Crippen molar-refractivity contribution in [1.82, 2.24) is 4.90 Å². The maximum atomic E-state index is 12.5. The number of hydrogen-bond donors (Lipinski definition) is 1. The van der Waals surface area contributed by atoms with E-state index < -0.39 is 0 Å². The first-order valence-electron chi connectivity index (χ1n) is 7.64. The van der Waals surface area contributed by atoms with Crippen LogP contribution in [-0.4, -0.2) is 30.1 Å². The molecule has 0 saturated carbocycles. The molecular formula is C18H19ClN2O2. The summed E-state index contributed by atoms with van der Waals surface area (Å²) in [7, 11) is 0. The normalized spacial score (nSPS) is 21.0. The second-order valence-corrected chi connectivity index (χ2v) is 6.12. The molecule has 0 aromatic heterocycles. The molecule has 0 aliphatic carbocycles. The number of carbonyl (C=O) groups is 1. The van der Waals surface area contributed by atoms with Crippen molar-refractivity contribution in [2.45, 2.75) is 19.1 Å². The van der Waals surface area contributed by atoms with E-state index in [1.54, 1.807) is 29.2 Å². The summed E-state index contributed by atoms with van der Waals surface area (Å²) < 4.78 is 5.98. The number of morpholine rings is 1. The van der Waals surface area contributed by atoms with E-state index >= 15 is 0 Å². The maximum Gasteiger partial charge on any atom is 0.322 e. The monoisotopic (exact) mass is 330 g/mol. The van der Waals surface area contributed by atoms with Crippen LogP contribution in [0.4, 0.5) is 10.5 Å². The van der Waals surface area contributed by atoms with Crippen LogP contribution in [-0.2, 0) is 4.74 Å². The minimum atomic E-state index is -0.122. The number of nitrogens with one attached hydrogen (secondary N) is 1. The minimum absolute atomic E-state index is 0.00933. The number of ether oxygens (including phenoxy) is 1. The second-order valence-electron chi connectivity index (χ2n) is 5.69. The number of hydrogen-bond acceptors (Lipinski definition) is 2. The molecule has 1 aliphatic rings. The number of carbonyl (C=O) groups excluding carboxylic acids is 1. The topological polar surface area (TPSA) is 41.6 Å². The Labute approximate surface area is 141 Å². The van der Waals surface area contributed by atoms with Gasteiger partial charge in [-0.1, -0.05) is 41.9 Å². The maximum absolute atomic E-state index is 12.5. The minimum Gasteiger partial charge on any atom is -0.367 e. The molecule has 2 unspecified atom stereocenters. The van der Waals surface area contributed by atoms with Crippen LogP contribution in [0.25, 0.3) is 0 Å². The quantitative estimate of drug-likeness (QED) is 0.890. The molecule has 23 heavy (non-hydrogen) atoms. The third kappa shape index (κ3) is 4.03. The summed E-state index contributed by atoms with van der Waals surface area (Å²) >= 11 is 5.86. The van der Waals surface area contributed by atoms with E-state index in [1.165, 1.54) is 0 Å². The van der Waals surface area contributed by atoms with Crippen LogP contribution in [0.15, 0.2) is 54.6 Å². The van der Waals surface area contributed by atoms with Crippen LogP contribution >= 0.6 is 11.6 Å². The van der Waals surface area contributed by atoms with E-state index in [1.807, 2.05) is 37.3 Å². The van der Waals surface area contributed by atoms with E-state index in [9.17, 15) is 4.79 Å². The zero-order chi connectivity index (χ0) is 16.2. The molecule has 2 amide bonds. The van der Waals surface area contributed by atoms with E-state index in [0.717, 1.165) is 11.3 Å². The molecular weight excluding hydrogens is 312 g/mol. The predicted octanol–water partition coefficient (Wildman–Crippen LogP) is 4.33. The number of amides is 2. The van der Waals surface area contributed by atoms with Crippen molar-refractivity contribution >= 4 is 23.3 Å². The molecule has 3 rings (SSSR count). The van der Waals surface area contributed by atoms with Gasteiger partial charge in [0, 0.05) is 17.3 Å². The van der Waals surface area contributed by atoms with Crippen LogP contribution < -0.4 is 5.32 Å². The molecule has 1 aliphatic heterocycles. The predicted molar refractivity (Wildman–Crippen MR) is 91.8 cm³/mol. The molecule has 0 radical (unpaired) electrons. The van der Waals surface area contributed by atoms with Gasteiger partial charge < -0.3 is 15.0 Å². The largest absolute Gasteiger partial charge is 0.367 e. The lowest BCUT2D eigenvalue weighted by molar-refractivity contribution is -0.0642. The van der Waals surface area contributed by atoms with Gasteiger partial charge in [0.25, 0.3) is 0 Å². The Morgan fingerprint density at radius 3 is 2.52 bits per heavy atom. The van der Waals surface area contributed by atoms with Crippen molar-refractivity contribution < 1.29 is 9.53 Å². The number of nitrogens with zero attached hydrogens (tertiary/aromatic N) is 1. The fraction of sp³-hybridized carbons (Fsp3) is 0.278. The first-order valence-corrected chi connectivity index (χ1v) is 8.01. The Hall–Kier alpha value is -2.04. The zero-order valence-corrected chi connectivity index (χ0v) is 13.7. The highest BCUT2D eigenvalue weighted by Crippen LogP contribution is 2.25. The summed E-state index contributed by atoms with van der Waals surface area (Å²) in [6, 6.07) is 17.0. The number of benzene rings is 2. The molecule has 2 aromatic carbocycles. The lowest BCUT2D eigenvalue weighted by Crippen LogP contribution is -2.47. The SMILES string of the molecule is CC1CN(C(=O)Nc2ccc(Cl)cc2)CC(c2ccccc2)O1. The van der Waals surface area contributed by atoms with Gasteiger partial charge in [0.15, 0.2) is 0 Å². The van der Waals surface area contributed by atoms with E-state index in [4.69, 9.17) is 16.3 Å². The summed E-state index contributed by atoms with van der Waals surface area (Å²) in [4.78, 5) is 14.3. The van der Waals surface area contributed by atoms with Gasteiger partial charge in [0.1, 0.15) is 6.10 Å². The average Bonchev–Trinajstić information content (AvgIpc) is 2.57. The Morgan fingerprint density at radius 1 is 1.13 bits per heavy atom. The Morgan fingerprint density at radius 2 is 1.83 bits per heavy atom. The molecule has 2 aromatic rings. The highest BCUT2D eigenvalue weighted by Gasteiger charge is 2.29. The average molecular weight is 331 g/mol. The van der Waals surface area contributed by atoms with Crippen molar-refractivity contribution in [3.8, 4) is 0 Å². The summed E-state index contributed by atoms with van der Waals surface area (Å²) in [6.07, 6.45) is -0.110. The summed E-state index contributed by atoms with van der Waals surface area (Å²) in [6.45, 7) is 3.09. The van der Waals surface area contributed by atoms with Crippen molar-refractivity contribution in [1.29, 1.82) is 0 Å². The van der Waals surface area contributed by atoms with Gasteiger partial charge in [0.05, 0.1) is 12.6 Å². The molecule has 1 fully saturated rings. The standard InChI is InChI=1S/C18H19ClN2O2/c1-13-11-21(12-17(23-13)14-5-3-2-4-6-14)18(22)20-16-9-7-15(19)8-10-16/h2-10,13,17H,11-12H2,1H3,(H,20,22). The lowest BCUT2D eigenvalue weighted by atomic mass is 10.1. The molecule has 0 spiro atoms. The second kappa shape index (κ2) is 7.02. The Kier molecular flexibility index (Phi) is 4.84. The van der Waals surface area contributed by atoms with E-state index in [0.29, 0.717) is 18.1 Å². The molecule has 120 valence electrons. The number of urea groups is 1. The van der Waals surface area contributed by atoms with Gasteiger partial charge in [-0.05, 0) is 36.8 Å². The van der Waals surface area contributed by atoms with Crippen LogP contribution in [0.2, 0.25) is 5.02 Å². The summed E-state index contributed by atoms with van der Waals surface area (Å²) in [5.74, 6) is 0. The van der Waals surface area contributed by atoms with Crippen LogP contribution in [0.3, 0.4) is 0 Å². The van der Waals surface area contributed by atoms with Crippen LogP contribution in [0.1, 0.15) is 18.6 Å². The van der Waals surface area contributed by atoms with E-state index in [2.05, 4.69) is 5.32 Å². The summed E-state index contributed by atoms with van der Waals surface area (Å²) in [5, 5.41) is 3.55. The van der Waals surface area contributed by atoms with Crippen molar-refractivity contribution in [2.75, 3.05) is 18.4 Å². The van der Waals surface area contributed by atoms with Crippen molar-refractivity contribution in [3.05, 3.63) is 65.2 Å². The number of anilines is 1. The van der Waals surface area contributed by atoms with Crippen LogP contribution in [0, 0.1) is 0 Å². The van der Waals surface area contributed by atoms with Crippen LogP contribution in [0.5, 0.6) is 0 Å². The van der Waals surface area contributed by atoms with Gasteiger partial charge in [-0.25, -0.2) is 4.79 Å². The molecule has 0 bridgehead atoms. The highest BCUT2D eigenvalue weighted by atomic mass is 35.5. The molecule has 5 heteroatoms. The van der Waals surface area contributed by atoms with Gasteiger partial charge in [-0.3, -0.25) is 0 Å². The number of halogens is 1.